The Morgan fingerprint density at radius 3 is 2.67 bits per heavy atom. The summed E-state index contributed by atoms with van der Waals surface area (Å²) in [6.07, 6.45) is 8.72. The van der Waals surface area contributed by atoms with Gasteiger partial charge in [0.25, 0.3) is 0 Å². The molecular formula is C22H38IN5OS. The van der Waals surface area contributed by atoms with Crippen LogP contribution in [0.2, 0.25) is 0 Å². The van der Waals surface area contributed by atoms with Crippen molar-refractivity contribution in [2.45, 2.75) is 78.2 Å². The molecule has 2 aliphatic rings. The van der Waals surface area contributed by atoms with Gasteiger partial charge in [0.15, 0.2) is 5.96 Å². The molecule has 1 unspecified atom stereocenters. The maximum atomic E-state index is 12.8. The number of halogens is 1. The highest BCUT2D eigenvalue weighted by atomic mass is 127. The number of aryl methyl sites for hydroxylation is 2. The first kappa shape index (κ1) is 25.4. The van der Waals surface area contributed by atoms with Crippen LogP contribution in [0.25, 0.3) is 0 Å². The Bertz CT molecular complexity index is 702. The Kier molecular flexibility index (Phi) is 10.8. The zero-order valence-electron chi connectivity index (χ0n) is 18.7. The van der Waals surface area contributed by atoms with E-state index >= 15 is 0 Å². The van der Waals surface area contributed by atoms with Gasteiger partial charge in [-0.05, 0) is 39.5 Å². The van der Waals surface area contributed by atoms with E-state index in [1.165, 1.54) is 34.8 Å². The molecule has 6 nitrogen and oxygen atoms in total. The lowest BCUT2D eigenvalue weighted by Crippen LogP contribution is -2.45. The fourth-order valence-corrected chi connectivity index (χ4v) is 5.40. The first-order valence-corrected chi connectivity index (χ1v) is 12.2. The van der Waals surface area contributed by atoms with Crippen LogP contribution in [0.3, 0.4) is 0 Å². The minimum atomic E-state index is 0. The monoisotopic (exact) mass is 547 g/mol. The summed E-state index contributed by atoms with van der Waals surface area (Å²) in [6.45, 7) is 9.61. The predicted octanol–water partition coefficient (Wildman–Crippen LogP) is 3.91. The quantitative estimate of drug-likeness (QED) is 0.309. The van der Waals surface area contributed by atoms with E-state index in [1.807, 2.05) is 0 Å². The minimum absolute atomic E-state index is 0. The number of nitrogens with one attached hydrogen (secondary N) is 2. The lowest BCUT2D eigenvalue weighted by molar-refractivity contribution is -0.135. The average molecular weight is 548 g/mol. The smallest absolute Gasteiger partial charge is 0.225 e. The summed E-state index contributed by atoms with van der Waals surface area (Å²) in [5, 5.41) is 8.07. The van der Waals surface area contributed by atoms with Crippen molar-refractivity contribution in [3.05, 3.63) is 15.6 Å². The van der Waals surface area contributed by atoms with Gasteiger partial charge in [0, 0.05) is 49.4 Å². The van der Waals surface area contributed by atoms with Crippen LogP contribution in [-0.2, 0) is 17.6 Å². The summed E-state index contributed by atoms with van der Waals surface area (Å²) in [5.41, 5.74) is 1.22. The highest BCUT2D eigenvalue weighted by Crippen LogP contribution is 2.26. The maximum absolute atomic E-state index is 12.8. The Labute approximate surface area is 202 Å². The van der Waals surface area contributed by atoms with E-state index in [2.05, 4.69) is 36.3 Å². The number of hydrogen-bond acceptors (Lipinski definition) is 4. The van der Waals surface area contributed by atoms with Crippen molar-refractivity contribution in [3.63, 3.8) is 0 Å². The molecule has 1 saturated carbocycles. The van der Waals surface area contributed by atoms with Crippen molar-refractivity contribution in [1.82, 2.24) is 20.5 Å². The molecule has 0 aromatic carbocycles. The number of aromatic nitrogens is 1. The zero-order chi connectivity index (χ0) is 20.6. The number of aliphatic imine (C=N–C) groups is 1. The standard InChI is InChI=1S/C22H37N5OS.HI/c1-4-19-16(3)29-20(26-19)11-13-24-22(23-5-2)25-18-12-14-27(15-18)21(28)17-9-7-6-8-10-17;/h17-18H,4-15H2,1-3H3,(H2,23,24,25);1H. The third kappa shape index (κ3) is 7.07. The van der Waals surface area contributed by atoms with Crippen LogP contribution >= 0.6 is 35.3 Å². The number of hydrogen-bond donors (Lipinski definition) is 2. The van der Waals surface area contributed by atoms with E-state index < -0.39 is 0 Å². The van der Waals surface area contributed by atoms with Gasteiger partial charge in [-0.1, -0.05) is 26.2 Å². The van der Waals surface area contributed by atoms with Crippen LogP contribution in [0, 0.1) is 12.8 Å². The largest absolute Gasteiger partial charge is 0.357 e. The van der Waals surface area contributed by atoms with Gasteiger partial charge in [0.05, 0.1) is 10.7 Å². The summed E-state index contributed by atoms with van der Waals surface area (Å²) < 4.78 is 0. The maximum Gasteiger partial charge on any atom is 0.225 e. The Balaban J connectivity index is 0.00000320. The fraction of sp³-hybridized carbons (Fsp3) is 0.773. The molecule has 3 rings (SSSR count). The molecule has 1 atom stereocenters. The highest BCUT2D eigenvalue weighted by molar-refractivity contribution is 14.0. The predicted molar refractivity (Wildman–Crippen MR) is 136 cm³/mol. The summed E-state index contributed by atoms with van der Waals surface area (Å²) in [5.74, 6) is 1.49. The molecule has 0 bridgehead atoms. The van der Waals surface area contributed by atoms with Gasteiger partial charge in [-0.15, -0.1) is 35.3 Å². The number of carbonyl (C=O) groups excluding carboxylic acids is 1. The fourth-order valence-electron chi connectivity index (χ4n) is 4.39. The molecule has 170 valence electrons. The Morgan fingerprint density at radius 1 is 1.23 bits per heavy atom. The van der Waals surface area contributed by atoms with E-state index in [-0.39, 0.29) is 35.9 Å². The van der Waals surface area contributed by atoms with Crippen LogP contribution < -0.4 is 10.6 Å². The molecule has 2 fully saturated rings. The van der Waals surface area contributed by atoms with E-state index in [4.69, 9.17) is 9.98 Å². The van der Waals surface area contributed by atoms with Gasteiger partial charge in [0.2, 0.25) is 5.91 Å². The molecular weight excluding hydrogens is 509 g/mol. The minimum Gasteiger partial charge on any atom is -0.357 e. The van der Waals surface area contributed by atoms with Crippen molar-refractivity contribution in [2.75, 3.05) is 26.2 Å². The molecule has 2 heterocycles. The second kappa shape index (κ2) is 12.8. The molecule has 1 aromatic heterocycles. The van der Waals surface area contributed by atoms with Crippen molar-refractivity contribution in [1.29, 1.82) is 0 Å². The molecule has 2 N–H and O–H groups in total. The topological polar surface area (TPSA) is 69.6 Å². The second-order valence-corrected chi connectivity index (χ2v) is 9.51. The third-order valence-corrected chi connectivity index (χ3v) is 7.08. The lowest BCUT2D eigenvalue weighted by atomic mass is 9.88. The van der Waals surface area contributed by atoms with E-state index in [1.54, 1.807) is 11.3 Å². The highest BCUT2D eigenvalue weighted by Gasteiger charge is 2.31. The normalized spacial score (nSPS) is 20.2. The Hall–Kier alpha value is -0.900. The van der Waals surface area contributed by atoms with Crippen LogP contribution in [0.4, 0.5) is 0 Å². The van der Waals surface area contributed by atoms with E-state index in [0.717, 1.165) is 64.2 Å². The number of carbonyl (C=O) groups is 1. The van der Waals surface area contributed by atoms with Crippen molar-refractivity contribution < 1.29 is 4.79 Å². The molecule has 1 amide bonds. The zero-order valence-corrected chi connectivity index (χ0v) is 21.9. The molecule has 8 heteroatoms. The van der Waals surface area contributed by atoms with Gasteiger partial charge in [-0.25, -0.2) is 4.98 Å². The summed E-state index contributed by atoms with van der Waals surface area (Å²) in [7, 11) is 0. The molecule has 30 heavy (non-hydrogen) atoms. The Morgan fingerprint density at radius 2 is 2.00 bits per heavy atom. The van der Waals surface area contributed by atoms with Crippen molar-refractivity contribution in [3.8, 4) is 0 Å². The molecule has 1 aliphatic heterocycles. The lowest BCUT2D eigenvalue weighted by Gasteiger charge is -2.26. The first-order chi connectivity index (χ1) is 14.1. The van der Waals surface area contributed by atoms with Crippen molar-refractivity contribution >= 4 is 47.2 Å². The van der Waals surface area contributed by atoms with E-state index in [0.29, 0.717) is 5.91 Å². The molecule has 1 saturated heterocycles. The number of amides is 1. The molecule has 1 aliphatic carbocycles. The molecule has 0 radical (unpaired) electrons. The third-order valence-electron chi connectivity index (χ3n) is 6.01. The average Bonchev–Trinajstić information content (AvgIpc) is 3.34. The number of likely N-dealkylation sites (tertiary alicyclic amines) is 1. The van der Waals surface area contributed by atoms with Crippen LogP contribution in [0.15, 0.2) is 4.99 Å². The molecule has 1 aromatic rings. The van der Waals surface area contributed by atoms with Gasteiger partial charge < -0.3 is 15.5 Å². The summed E-state index contributed by atoms with van der Waals surface area (Å²) in [4.78, 5) is 25.6. The van der Waals surface area contributed by atoms with E-state index in [9.17, 15) is 4.79 Å². The molecule has 0 spiro atoms. The number of rotatable bonds is 7. The van der Waals surface area contributed by atoms with Crippen LogP contribution in [0.5, 0.6) is 0 Å². The first-order valence-electron chi connectivity index (χ1n) is 11.4. The van der Waals surface area contributed by atoms with Crippen LogP contribution in [0.1, 0.15) is 68.0 Å². The summed E-state index contributed by atoms with van der Waals surface area (Å²) >= 11 is 1.79. The number of guanidine groups is 1. The van der Waals surface area contributed by atoms with Gasteiger partial charge in [0.1, 0.15) is 0 Å². The van der Waals surface area contributed by atoms with Crippen LogP contribution in [-0.4, -0.2) is 54.0 Å². The van der Waals surface area contributed by atoms with Gasteiger partial charge >= 0.3 is 0 Å². The second-order valence-electron chi connectivity index (χ2n) is 8.22. The van der Waals surface area contributed by atoms with Gasteiger partial charge in [-0.3, -0.25) is 9.79 Å². The SMILES string of the molecule is CCNC(=NCCc1nc(CC)c(C)s1)NC1CCN(C(=O)C2CCCCC2)C1.I. The number of thiazole rings is 1. The van der Waals surface area contributed by atoms with Gasteiger partial charge in [-0.2, -0.15) is 0 Å². The summed E-state index contributed by atoms with van der Waals surface area (Å²) in [6, 6.07) is 0.286. The van der Waals surface area contributed by atoms with Crippen molar-refractivity contribution in [2.24, 2.45) is 10.9 Å². The number of nitrogens with zero attached hydrogens (tertiary/aromatic N) is 3.